The largest absolute Gasteiger partial charge is 0.493 e. The van der Waals surface area contributed by atoms with Crippen LogP contribution in [0.1, 0.15) is 56.2 Å². The standard InChI is InChI=1S/C22H30N2O3/c1-14(2)17-10-8-11-18(15(3)4)20(17)24-22(25)23-13-16-9-7-12-19(26-5)21(16)27-6/h7-12,14-15H,13H2,1-6H3,(H2,23,24,25). The molecule has 2 rings (SSSR count). The first-order chi connectivity index (χ1) is 12.9. The number of carbonyl (C=O) groups excluding carboxylic acids is 1. The molecule has 0 aliphatic carbocycles. The van der Waals surface area contributed by atoms with E-state index in [-0.39, 0.29) is 6.03 Å². The van der Waals surface area contributed by atoms with Gasteiger partial charge in [0.25, 0.3) is 0 Å². The van der Waals surface area contributed by atoms with Crippen molar-refractivity contribution in [2.75, 3.05) is 19.5 Å². The number of amides is 2. The monoisotopic (exact) mass is 370 g/mol. The summed E-state index contributed by atoms with van der Waals surface area (Å²) < 4.78 is 10.7. The van der Waals surface area contributed by atoms with Crippen molar-refractivity contribution in [3.05, 3.63) is 53.1 Å². The summed E-state index contributed by atoms with van der Waals surface area (Å²) in [6, 6.07) is 11.6. The average molecular weight is 370 g/mol. The van der Waals surface area contributed by atoms with Crippen molar-refractivity contribution in [1.29, 1.82) is 0 Å². The molecule has 0 saturated heterocycles. The van der Waals surface area contributed by atoms with E-state index >= 15 is 0 Å². The zero-order valence-corrected chi connectivity index (χ0v) is 17.1. The highest BCUT2D eigenvalue weighted by atomic mass is 16.5. The lowest BCUT2D eigenvalue weighted by molar-refractivity contribution is 0.251. The molecule has 0 aliphatic rings. The van der Waals surface area contributed by atoms with Crippen LogP contribution in [0, 0.1) is 0 Å². The van der Waals surface area contributed by atoms with Crippen molar-refractivity contribution in [2.24, 2.45) is 0 Å². The average Bonchev–Trinajstić information content (AvgIpc) is 2.65. The number of nitrogens with one attached hydrogen (secondary N) is 2. The molecule has 0 bridgehead atoms. The number of benzene rings is 2. The summed E-state index contributed by atoms with van der Waals surface area (Å²) in [5.74, 6) is 1.91. The van der Waals surface area contributed by atoms with Crippen LogP contribution in [0.3, 0.4) is 0 Å². The molecule has 2 aromatic rings. The Bertz CT molecular complexity index is 759. The molecular weight excluding hydrogens is 340 g/mol. The van der Waals surface area contributed by atoms with Crippen LogP contribution in [-0.2, 0) is 6.54 Å². The predicted molar refractivity (Wildman–Crippen MR) is 110 cm³/mol. The molecule has 5 heteroatoms. The molecule has 5 nitrogen and oxygen atoms in total. The summed E-state index contributed by atoms with van der Waals surface area (Å²) >= 11 is 0. The van der Waals surface area contributed by atoms with Crippen LogP contribution >= 0.6 is 0 Å². The van der Waals surface area contributed by atoms with Crippen molar-refractivity contribution < 1.29 is 14.3 Å². The second-order valence-electron chi connectivity index (χ2n) is 7.08. The molecule has 0 atom stereocenters. The number of anilines is 1. The quantitative estimate of drug-likeness (QED) is 0.698. The molecule has 2 amide bonds. The second-order valence-corrected chi connectivity index (χ2v) is 7.08. The van der Waals surface area contributed by atoms with E-state index in [1.54, 1.807) is 14.2 Å². The SMILES string of the molecule is COc1cccc(CNC(=O)Nc2c(C(C)C)cccc2C(C)C)c1OC. The number of hydrogen-bond acceptors (Lipinski definition) is 3. The molecule has 0 spiro atoms. The molecule has 0 heterocycles. The highest BCUT2D eigenvalue weighted by Crippen LogP contribution is 2.33. The number of methoxy groups -OCH3 is 2. The number of hydrogen-bond donors (Lipinski definition) is 2. The number of para-hydroxylation sites is 2. The van der Waals surface area contributed by atoms with Gasteiger partial charge >= 0.3 is 6.03 Å². The molecule has 2 aromatic carbocycles. The first kappa shape index (κ1) is 20.6. The molecule has 2 N–H and O–H groups in total. The van der Waals surface area contributed by atoms with Crippen LogP contribution in [0.2, 0.25) is 0 Å². The van der Waals surface area contributed by atoms with E-state index in [1.165, 1.54) is 0 Å². The Morgan fingerprint density at radius 3 is 2.04 bits per heavy atom. The van der Waals surface area contributed by atoms with Gasteiger partial charge in [0.05, 0.1) is 14.2 Å². The molecular formula is C22H30N2O3. The number of urea groups is 1. The third-order valence-corrected chi connectivity index (χ3v) is 4.54. The van der Waals surface area contributed by atoms with Crippen LogP contribution < -0.4 is 20.1 Å². The normalized spacial score (nSPS) is 10.8. The van der Waals surface area contributed by atoms with E-state index in [4.69, 9.17) is 9.47 Å². The predicted octanol–water partition coefficient (Wildman–Crippen LogP) is 5.27. The Kier molecular flexibility index (Phi) is 7.11. The summed E-state index contributed by atoms with van der Waals surface area (Å²) in [5, 5.41) is 5.98. The maximum Gasteiger partial charge on any atom is 0.319 e. The van der Waals surface area contributed by atoms with Crippen LogP contribution in [0.4, 0.5) is 10.5 Å². The Labute approximate surface area is 162 Å². The van der Waals surface area contributed by atoms with Gasteiger partial charge in [-0.3, -0.25) is 0 Å². The maximum atomic E-state index is 12.6. The summed E-state index contributed by atoms with van der Waals surface area (Å²) in [5.41, 5.74) is 4.02. The summed E-state index contributed by atoms with van der Waals surface area (Å²) in [4.78, 5) is 12.6. The van der Waals surface area contributed by atoms with Gasteiger partial charge in [0.2, 0.25) is 0 Å². The minimum atomic E-state index is -0.241. The lowest BCUT2D eigenvalue weighted by Crippen LogP contribution is -2.29. The smallest absolute Gasteiger partial charge is 0.319 e. The van der Waals surface area contributed by atoms with Crippen LogP contribution in [-0.4, -0.2) is 20.3 Å². The van der Waals surface area contributed by atoms with Crippen molar-refractivity contribution in [2.45, 2.75) is 46.1 Å². The van der Waals surface area contributed by atoms with Gasteiger partial charge in [0.1, 0.15) is 0 Å². The topological polar surface area (TPSA) is 59.6 Å². The van der Waals surface area contributed by atoms with E-state index in [0.717, 1.165) is 22.4 Å². The number of carbonyl (C=O) groups is 1. The zero-order valence-electron chi connectivity index (χ0n) is 17.1. The van der Waals surface area contributed by atoms with E-state index in [0.29, 0.717) is 29.9 Å². The molecule has 0 unspecified atom stereocenters. The van der Waals surface area contributed by atoms with E-state index in [1.807, 2.05) is 18.2 Å². The molecule has 0 aliphatic heterocycles. The first-order valence-electron chi connectivity index (χ1n) is 9.26. The number of rotatable bonds is 7. The molecule has 0 radical (unpaired) electrons. The fourth-order valence-corrected chi connectivity index (χ4v) is 3.12. The van der Waals surface area contributed by atoms with E-state index < -0.39 is 0 Å². The summed E-state index contributed by atoms with van der Waals surface area (Å²) in [6.07, 6.45) is 0. The second kappa shape index (κ2) is 9.31. The Hall–Kier alpha value is -2.69. The van der Waals surface area contributed by atoms with Crippen LogP contribution in [0.5, 0.6) is 11.5 Å². The number of ether oxygens (including phenoxy) is 2. The van der Waals surface area contributed by atoms with Gasteiger partial charge in [-0.1, -0.05) is 58.0 Å². The van der Waals surface area contributed by atoms with Crippen molar-refractivity contribution in [1.82, 2.24) is 5.32 Å². The lowest BCUT2D eigenvalue weighted by atomic mass is 9.93. The van der Waals surface area contributed by atoms with E-state index in [2.05, 4.69) is 56.5 Å². The van der Waals surface area contributed by atoms with Gasteiger partial charge in [0.15, 0.2) is 11.5 Å². The fraction of sp³-hybridized carbons (Fsp3) is 0.409. The van der Waals surface area contributed by atoms with Gasteiger partial charge in [-0.15, -0.1) is 0 Å². The summed E-state index contributed by atoms with van der Waals surface area (Å²) in [6.45, 7) is 8.85. The van der Waals surface area contributed by atoms with Crippen molar-refractivity contribution >= 4 is 11.7 Å². The first-order valence-corrected chi connectivity index (χ1v) is 9.26. The molecule has 0 aromatic heterocycles. The maximum absolute atomic E-state index is 12.6. The Morgan fingerprint density at radius 2 is 1.52 bits per heavy atom. The molecule has 27 heavy (non-hydrogen) atoms. The third-order valence-electron chi connectivity index (χ3n) is 4.54. The Morgan fingerprint density at radius 1 is 0.926 bits per heavy atom. The highest BCUT2D eigenvalue weighted by Gasteiger charge is 2.16. The van der Waals surface area contributed by atoms with Gasteiger partial charge in [-0.2, -0.15) is 0 Å². The van der Waals surface area contributed by atoms with Gasteiger partial charge in [0, 0.05) is 17.8 Å². The third kappa shape index (κ3) is 4.94. The molecule has 0 saturated carbocycles. The van der Waals surface area contributed by atoms with Crippen molar-refractivity contribution in [3.8, 4) is 11.5 Å². The van der Waals surface area contributed by atoms with Crippen LogP contribution in [0.15, 0.2) is 36.4 Å². The fourth-order valence-electron chi connectivity index (χ4n) is 3.12. The highest BCUT2D eigenvalue weighted by molar-refractivity contribution is 5.91. The summed E-state index contributed by atoms with van der Waals surface area (Å²) in [7, 11) is 3.19. The lowest BCUT2D eigenvalue weighted by Gasteiger charge is -2.20. The van der Waals surface area contributed by atoms with Gasteiger partial charge < -0.3 is 20.1 Å². The van der Waals surface area contributed by atoms with Crippen molar-refractivity contribution in [3.63, 3.8) is 0 Å². The van der Waals surface area contributed by atoms with E-state index in [9.17, 15) is 4.79 Å². The Balaban J connectivity index is 2.18. The van der Waals surface area contributed by atoms with Gasteiger partial charge in [-0.25, -0.2) is 4.79 Å². The zero-order chi connectivity index (χ0) is 20.0. The molecule has 0 fully saturated rings. The van der Waals surface area contributed by atoms with Gasteiger partial charge in [-0.05, 0) is 29.0 Å². The minimum absolute atomic E-state index is 0.241. The van der Waals surface area contributed by atoms with Crippen LogP contribution in [0.25, 0.3) is 0 Å². The minimum Gasteiger partial charge on any atom is -0.493 e. The molecule has 146 valence electrons.